The molecule has 8 heteroatoms. The van der Waals surface area contributed by atoms with E-state index in [1.54, 1.807) is 0 Å². The van der Waals surface area contributed by atoms with Gasteiger partial charge >= 0.3 is 5.51 Å². The van der Waals surface area contributed by atoms with Gasteiger partial charge in [-0.1, -0.05) is 18.2 Å². The van der Waals surface area contributed by atoms with Crippen molar-refractivity contribution >= 4 is 29.3 Å². The molecule has 1 N–H and O–H groups in total. The fourth-order valence-electron chi connectivity index (χ4n) is 2.50. The summed E-state index contributed by atoms with van der Waals surface area (Å²) in [7, 11) is 1.46. The third-order valence-electron chi connectivity index (χ3n) is 3.81. The Bertz CT molecular complexity index is 816. The predicted octanol–water partition coefficient (Wildman–Crippen LogP) is 4.63. The number of carbonyl (C=O) groups is 2. The van der Waals surface area contributed by atoms with Crippen LogP contribution >= 0.6 is 11.8 Å². The van der Waals surface area contributed by atoms with E-state index < -0.39 is 11.4 Å². The molecule has 2 aromatic rings. The zero-order chi connectivity index (χ0) is 20.2. The van der Waals surface area contributed by atoms with E-state index in [4.69, 9.17) is 0 Å². The van der Waals surface area contributed by atoms with Gasteiger partial charge in [0.15, 0.2) is 0 Å². The van der Waals surface area contributed by atoms with Crippen molar-refractivity contribution < 1.29 is 22.8 Å². The summed E-state index contributed by atoms with van der Waals surface area (Å²) < 4.78 is 37.1. The molecule has 0 atom stereocenters. The van der Waals surface area contributed by atoms with Crippen LogP contribution in [0.2, 0.25) is 0 Å². The molecule has 4 nitrogen and oxygen atoms in total. The second-order valence-electron chi connectivity index (χ2n) is 6.05. The number of nitrogens with zero attached hydrogens (tertiary/aromatic N) is 1. The second-order valence-corrected chi connectivity index (χ2v) is 7.19. The average Bonchev–Trinajstić information content (AvgIpc) is 2.57. The molecule has 0 fully saturated rings. The molecule has 2 amide bonds. The molecule has 0 radical (unpaired) electrons. The Balaban J connectivity index is 1.99. The summed E-state index contributed by atoms with van der Waals surface area (Å²) in [6.45, 7) is 3.57. The van der Waals surface area contributed by atoms with Crippen molar-refractivity contribution in [3.8, 4) is 0 Å². The lowest BCUT2D eigenvalue weighted by Gasteiger charge is -2.18. The maximum atomic E-state index is 12.4. The molecule has 0 saturated heterocycles. The number of carbonyl (C=O) groups excluding carboxylic acids is 2. The molecule has 0 aliphatic heterocycles. The number of rotatable bonds is 5. The summed E-state index contributed by atoms with van der Waals surface area (Å²) in [6, 6.07) is 10.7. The Morgan fingerprint density at radius 2 is 1.59 bits per heavy atom. The number of anilines is 1. The average molecular weight is 396 g/mol. The third-order valence-corrected chi connectivity index (χ3v) is 4.55. The maximum Gasteiger partial charge on any atom is 0.446 e. The first-order valence-corrected chi connectivity index (χ1v) is 8.86. The Morgan fingerprint density at radius 1 is 1.04 bits per heavy atom. The first-order chi connectivity index (χ1) is 12.6. The van der Waals surface area contributed by atoms with Gasteiger partial charge in [-0.3, -0.25) is 9.59 Å². The smallest absolute Gasteiger partial charge is 0.332 e. The summed E-state index contributed by atoms with van der Waals surface area (Å²) in [6.07, 6.45) is 0. The molecule has 0 heterocycles. The number of benzene rings is 2. The van der Waals surface area contributed by atoms with E-state index in [1.165, 1.54) is 36.2 Å². The number of para-hydroxylation sites is 1. The Hall–Kier alpha value is -2.48. The van der Waals surface area contributed by atoms with Crippen LogP contribution < -0.4 is 5.32 Å². The number of thioether (sulfide) groups is 1. The number of hydrogen-bond donors (Lipinski definition) is 1. The van der Waals surface area contributed by atoms with Crippen LogP contribution in [-0.2, 0) is 4.79 Å². The van der Waals surface area contributed by atoms with Crippen molar-refractivity contribution in [3.63, 3.8) is 0 Å². The topological polar surface area (TPSA) is 49.4 Å². The lowest BCUT2D eigenvalue weighted by Crippen LogP contribution is -2.35. The highest BCUT2D eigenvalue weighted by Crippen LogP contribution is 2.36. The van der Waals surface area contributed by atoms with E-state index >= 15 is 0 Å². The van der Waals surface area contributed by atoms with Gasteiger partial charge in [-0.05, 0) is 61.0 Å². The molecule has 2 rings (SSSR count). The van der Waals surface area contributed by atoms with Crippen LogP contribution in [-0.4, -0.2) is 35.8 Å². The van der Waals surface area contributed by atoms with Gasteiger partial charge in [-0.2, -0.15) is 13.2 Å². The monoisotopic (exact) mass is 396 g/mol. The first-order valence-electron chi connectivity index (χ1n) is 8.04. The molecule has 2 aromatic carbocycles. The van der Waals surface area contributed by atoms with E-state index in [0.717, 1.165) is 11.1 Å². The Kier molecular flexibility index (Phi) is 6.54. The highest BCUT2D eigenvalue weighted by Gasteiger charge is 2.29. The fraction of sp³-hybridized carbons (Fsp3) is 0.263. The van der Waals surface area contributed by atoms with Crippen LogP contribution in [0, 0.1) is 13.8 Å². The molecule has 0 aliphatic carbocycles. The SMILES string of the molecule is Cc1cccc(C)c1NC(=O)CN(C)C(=O)c1ccc(SC(F)(F)F)cc1. The van der Waals surface area contributed by atoms with Crippen molar-refractivity contribution in [2.75, 3.05) is 18.9 Å². The quantitative estimate of drug-likeness (QED) is 0.750. The predicted molar refractivity (Wildman–Crippen MR) is 99.9 cm³/mol. The van der Waals surface area contributed by atoms with Crippen molar-refractivity contribution in [2.24, 2.45) is 0 Å². The van der Waals surface area contributed by atoms with E-state index in [9.17, 15) is 22.8 Å². The number of amides is 2. The summed E-state index contributed by atoms with van der Waals surface area (Å²) in [5.74, 6) is -0.803. The van der Waals surface area contributed by atoms with Gasteiger partial charge in [0, 0.05) is 23.2 Å². The van der Waals surface area contributed by atoms with E-state index in [0.29, 0.717) is 5.69 Å². The van der Waals surface area contributed by atoms with Gasteiger partial charge < -0.3 is 10.2 Å². The minimum Gasteiger partial charge on any atom is -0.332 e. The third kappa shape index (κ3) is 6.02. The van der Waals surface area contributed by atoms with E-state index in [2.05, 4.69) is 5.32 Å². The van der Waals surface area contributed by atoms with Gasteiger partial charge in [0.25, 0.3) is 5.91 Å². The van der Waals surface area contributed by atoms with Crippen molar-refractivity contribution in [1.29, 1.82) is 0 Å². The Labute approximate surface area is 159 Å². The first kappa shape index (κ1) is 20.8. The Morgan fingerprint density at radius 3 is 2.11 bits per heavy atom. The fourth-order valence-corrected chi connectivity index (χ4v) is 3.04. The van der Waals surface area contributed by atoms with E-state index in [-0.39, 0.29) is 34.7 Å². The molecule has 27 heavy (non-hydrogen) atoms. The summed E-state index contributed by atoms with van der Waals surface area (Å²) in [5.41, 5.74) is -1.64. The molecule has 0 spiro atoms. The van der Waals surface area contributed by atoms with Crippen LogP contribution in [0.25, 0.3) is 0 Å². The number of likely N-dealkylation sites (N-methyl/N-ethyl adjacent to an activating group) is 1. The number of halogens is 3. The van der Waals surface area contributed by atoms with Crippen LogP contribution in [0.1, 0.15) is 21.5 Å². The van der Waals surface area contributed by atoms with Gasteiger partial charge in [0.2, 0.25) is 5.91 Å². The minimum atomic E-state index is -4.38. The molecule has 0 aromatic heterocycles. The second kappa shape index (κ2) is 8.47. The van der Waals surface area contributed by atoms with Crippen molar-refractivity contribution in [3.05, 3.63) is 59.2 Å². The summed E-state index contributed by atoms with van der Waals surface area (Å²) in [4.78, 5) is 25.8. The number of alkyl halides is 3. The highest BCUT2D eigenvalue weighted by molar-refractivity contribution is 8.00. The molecule has 0 unspecified atom stereocenters. The maximum absolute atomic E-state index is 12.4. The molecular formula is C19H19F3N2O2S. The van der Waals surface area contributed by atoms with Gasteiger partial charge in [0.05, 0.1) is 6.54 Å². The minimum absolute atomic E-state index is 0.00512. The molecule has 0 bridgehead atoms. The van der Waals surface area contributed by atoms with Crippen LogP contribution in [0.4, 0.5) is 18.9 Å². The van der Waals surface area contributed by atoms with Gasteiger partial charge in [-0.25, -0.2) is 0 Å². The summed E-state index contributed by atoms with van der Waals surface area (Å²) in [5, 5.41) is 2.79. The van der Waals surface area contributed by atoms with Gasteiger partial charge in [0.1, 0.15) is 0 Å². The largest absolute Gasteiger partial charge is 0.446 e. The molecular weight excluding hydrogens is 377 g/mol. The molecule has 0 aliphatic rings. The standard InChI is InChI=1S/C19H19F3N2O2S/c1-12-5-4-6-13(2)17(12)23-16(25)11-24(3)18(26)14-7-9-15(10-8-14)27-19(20,21)22/h4-10H,11H2,1-3H3,(H,23,25). The lowest BCUT2D eigenvalue weighted by molar-refractivity contribution is -0.116. The van der Waals surface area contributed by atoms with Crippen LogP contribution in [0.5, 0.6) is 0 Å². The summed E-state index contributed by atoms with van der Waals surface area (Å²) >= 11 is -0.245. The number of nitrogens with one attached hydrogen (secondary N) is 1. The van der Waals surface area contributed by atoms with Crippen LogP contribution in [0.15, 0.2) is 47.4 Å². The van der Waals surface area contributed by atoms with Crippen LogP contribution in [0.3, 0.4) is 0 Å². The zero-order valence-electron chi connectivity index (χ0n) is 15.1. The van der Waals surface area contributed by atoms with Crippen molar-refractivity contribution in [1.82, 2.24) is 4.90 Å². The van der Waals surface area contributed by atoms with E-state index in [1.807, 2.05) is 32.0 Å². The van der Waals surface area contributed by atoms with Gasteiger partial charge in [-0.15, -0.1) is 0 Å². The highest BCUT2D eigenvalue weighted by atomic mass is 32.2. The lowest BCUT2D eigenvalue weighted by atomic mass is 10.1. The molecule has 0 saturated carbocycles. The normalized spacial score (nSPS) is 11.2. The molecule has 144 valence electrons. The number of aryl methyl sites for hydroxylation is 2. The van der Waals surface area contributed by atoms with Crippen molar-refractivity contribution in [2.45, 2.75) is 24.3 Å². The zero-order valence-corrected chi connectivity index (χ0v) is 15.9. The number of hydrogen-bond acceptors (Lipinski definition) is 3.